The number of nitrogens with two attached hydrogens (primary N) is 1. The number of oxime groups is 1. The second kappa shape index (κ2) is 7.51. The summed E-state index contributed by atoms with van der Waals surface area (Å²) in [7, 11) is -0.985. The summed E-state index contributed by atoms with van der Waals surface area (Å²) in [6.07, 6.45) is 2.09. The highest BCUT2D eigenvalue weighted by molar-refractivity contribution is 7.86. The molecule has 0 aromatic heterocycles. The van der Waals surface area contributed by atoms with Crippen LogP contribution < -0.4 is 5.73 Å². The molecule has 1 unspecified atom stereocenters. The summed E-state index contributed by atoms with van der Waals surface area (Å²) in [5, 5.41) is 12.9. The standard InChI is InChI=1S/C15H20N2O4S/c1-10(8-9-18)21-17-14(15(16)19)11-2-4-12(5-3-11)22(20)13-6-7-13/h2-5,10,13,18H,6-9H2,1H3,(H2,16,19)/b17-14+/t10-,22?/m0/s1. The van der Waals surface area contributed by atoms with Crippen molar-refractivity contribution < 1.29 is 18.9 Å². The van der Waals surface area contributed by atoms with Crippen molar-refractivity contribution in [3.05, 3.63) is 29.8 Å². The van der Waals surface area contributed by atoms with Gasteiger partial charge in [-0.15, -0.1) is 0 Å². The Labute approximate surface area is 131 Å². The van der Waals surface area contributed by atoms with Gasteiger partial charge in [-0.05, 0) is 31.9 Å². The van der Waals surface area contributed by atoms with E-state index in [9.17, 15) is 9.00 Å². The summed E-state index contributed by atoms with van der Waals surface area (Å²) in [5.74, 6) is -0.702. The third-order valence-corrected chi connectivity index (χ3v) is 5.09. The Hall–Kier alpha value is -1.73. The van der Waals surface area contributed by atoms with Crippen molar-refractivity contribution in [1.29, 1.82) is 0 Å². The fourth-order valence-corrected chi connectivity index (χ4v) is 3.19. The van der Waals surface area contributed by atoms with Crippen LogP contribution in [0.4, 0.5) is 0 Å². The Balaban J connectivity index is 2.12. The lowest BCUT2D eigenvalue weighted by Crippen LogP contribution is -2.25. The number of aliphatic hydroxyl groups is 1. The molecule has 1 aromatic rings. The minimum atomic E-state index is -0.985. The maximum Gasteiger partial charge on any atom is 0.271 e. The molecule has 0 spiro atoms. The molecular formula is C15H20N2O4S. The van der Waals surface area contributed by atoms with E-state index in [0.717, 1.165) is 17.7 Å². The Morgan fingerprint density at radius 2 is 2.09 bits per heavy atom. The smallest absolute Gasteiger partial charge is 0.271 e. The molecule has 1 aliphatic rings. The number of hydrogen-bond donors (Lipinski definition) is 2. The van der Waals surface area contributed by atoms with Crippen LogP contribution in [-0.4, -0.2) is 38.9 Å². The van der Waals surface area contributed by atoms with Crippen LogP contribution in [0, 0.1) is 0 Å². The number of carbonyl (C=O) groups excluding carboxylic acids is 1. The zero-order chi connectivity index (χ0) is 16.1. The van der Waals surface area contributed by atoms with Gasteiger partial charge < -0.3 is 15.7 Å². The van der Waals surface area contributed by atoms with Crippen LogP contribution in [0.2, 0.25) is 0 Å². The predicted molar refractivity (Wildman–Crippen MR) is 83.9 cm³/mol. The zero-order valence-corrected chi connectivity index (χ0v) is 13.2. The molecule has 1 aromatic carbocycles. The number of rotatable bonds is 8. The molecule has 7 heteroatoms. The first-order valence-corrected chi connectivity index (χ1v) is 8.39. The number of carbonyl (C=O) groups is 1. The van der Waals surface area contributed by atoms with E-state index in [1.165, 1.54) is 0 Å². The molecule has 1 fully saturated rings. The Bertz CT molecular complexity index is 582. The van der Waals surface area contributed by atoms with Crippen molar-refractivity contribution in [2.24, 2.45) is 10.9 Å². The summed E-state index contributed by atoms with van der Waals surface area (Å²) < 4.78 is 12.0. The number of primary amides is 1. The molecule has 0 heterocycles. The van der Waals surface area contributed by atoms with E-state index < -0.39 is 16.7 Å². The molecule has 1 saturated carbocycles. The minimum Gasteiger partial charge on any atom is -0.396 e. The van der Waals surface area contributed by atoms with Gasteiger partial charge in [0.1, 0.15) is 6.10 Å². The summed E-state index contributed by atoms with van der Waals surface area (Å²) in [6.45, 7) is 1.71. The number of nitrogens with zero attached hydrogens (tertiary/aromatic N) is 1. The van der Waals surface area contributed by atoms with Crippen molar-refractivity contribution in [1.82, 2.24) is 0 Å². The van der Waals surface area contributed by atoms with E-state index in [4.69, 9.17) is 15.7 Å². The van der Waals surface area contributed by atoms with Crippen molar-refractivity contribution in [2.75, 3.05) is 6.61 Å². The highest BCUT2D eigenvalue weighted by Crippen LogP contribution is 2.30. The molecule has 1 amide bonds. The lowest BCUT2D eigenvalue weighted by atomic mass is 10.1. The van der Waals surface area contributed by atoms with Crippen LogP contribution in [0.5, 0.6) is 0 Å². The normalized spacial score (nSPS) is 17.8. The second-order valence-corrected chi connectivity index (χ2v) is 6.99. The van der Waals surface area contributed by atoms with Crippen LogP contribution in [0.1, 0.15) is 31.7 Å². The lowest BCUT2D eigenvalue weighted by molar-refractivity contribution is -0.112. The van der Waals surface area contributed by atoms with E-state index in [2.05, 4.69) is 5.16 Å². The van der Waals surface area contributed by atoms with Gasteiger partial charge in [-0.25, -0.2) is 0 Å². The molecule has 1 aliphatic carbocycles. The maximum atomic E-state index is 12.0. The highest BCUT2D eigenvalue weighted by atomic mass is 32.2. The summed E-state index contributed by atoms with van der Waals surface area (Å²) in [4.78, 5) is 17.4. The van der Waals surface area contributed by atoms with E-state index in [1.54, 1.807) is 31.2 Å². The largest absolute Gasteiger partial charge is 0.396 e. The molecule has 22 heavy (non-hydrogen) atoms. The third-order valence-electron chi connectivity index (χ3n) is 3.28. The molecule has 6 nitrogen and oxygen atoms in total. The Kier molecular flexibility index (Phi) is 5.68. The minimum absolute atomic E-state index is 0.00791. The molecule has 120 valence electrons. The summed E-state index contributed by atoms with van der Waals surface area (Å²) in [6, 6.07) is 6.78. The first-order chi connectivity index (χ1) is 10.5. The fourth-order valence-electron chi connectivity index (χ4n) is 1.84. The van der Waals surface area contributed by atoms with Crippen molar-refractivity contribution in [2.45, 2.75) is 42.4 Å². The van der Waals surface area contributed by atoms with Crippen molar-refractivity contribution in [3.8, 4) is 0 Å². The lowest BCUT2D eigenvalue weighted by Gasteiger charge is -2.09. The highest BCUT2D eigenvalue weighted by Gasteiger charge is 2.29. The molecule has 2 rings (SSSR count). The van der Waals surface area contributed by atoms with Gasteiger partial charge in [0.15, 0.2) is 5.71 Å². The van der Waals surface area contributed by atoms with E-state index in [-0.39, 0.29) is 23.7 Å². The second-order valence-electron chi connectivity index (χ2n) is 5.25. The molecule has 2 atom stereocenters. The van der Waals surface area contributed by atoms with Crippen LogP contribution >= 0.6 is 0 Å². The number of amides is 1. The molecule has 0 saturated heterocycles. The monoisotopic (exact) mass is 324 g/mol. The molecule has 0 radical (unpaired) electrons. The molecule has 0 aliphatic heterocycles. The number of hydrogen-bond acceptors (Lipinski definition) is 5. The number of aliphatic hydroxyl groups excluding tert-OH is 1. The van der Waals surface area contributed by atoms with Gasteiger partial charge in [-0.3, -0.25) is 9.00 Å². The van der Waals surface area contributed by atoms with E-state index in [1.807, 2.05) is 0 Å². The van der Waals surface area contributed by atoms with Crippen molar-refractivity contribution >= 4 is 22.4 Å². The molecule has 0 bridgehead atoms. The third kappa shape index (κ3) is 4.38. The molecule has 3 N–H and O–H groups in total. The van der Waals surface area contributed by atoms with Gasteiger partial charge in [-0.1, -0.05) is 17.3 Å². The zero-order valence-electron chi connectivity index (χ0n) is 12.4. The maximum absolute atomic E-state index is 12.0. The first-order valence-electron chi connectivity index (χ1n) is 7.18. The average Bonchev–Trinajstić information content (AvgIpc) is 3.32. The van der Waals surface area contributed by atoms with Gasteiger partial charge in [-0.2, -0.15) is 0 Å². The van der Waals surface area contributed by atoms with Gasteiger partial charge >= 0.3 is 0 Å². The average molecular weight is 324 g/mol. The van der Waals surface area contributed by atoms with E-state index >= 15 is 0 Å². The SMILES string of the molecule is C[C@@H](CCO)O/N=C(/C(N)=O)c1ccc(S(=O)C2CC2)cc1. The fraction of sp³-hybridized carbons (Fsp3) is 0.467. The van der Waals surface area contributed by atoms with Gasteiger partial charge in [0.2, 0.25) is 0 Å². The quantitative estimate of drug-likeness (QED) is 0.548. The van der Waals surface area contributed by atoms with Gasteiger partial charge in [0.05, 0.1) is 10.8 Å². The van der Waals surface area contributed by atoms with Crippen LogP contribution in [0.3, 0.4) is 0 Å². The van der Waals surface area contributed by atoms with Crippen LogP contribution in [-0.2, 0) is 20.4 Å². The van der Waals surface area contributed by atoms with Crippen molar-refractivity contribution in [3.63, 3.8) is 0 Å². The van der Waals surface area contributed by atoms with E-state index in [0.29, 0.717) is 12.0 Å². The van der Waals surface area contributed by atoms with Crippen LogP contribution in [0.25, 0.3) is 0 Å². The predicted octanol–water partition coefficient (Wildman–Crippen LogP) is 0.933. The Morgan fingerprint density at radius 3 is 2.59 bits per heavy atom. The topological polar surface area (TPSA) is 102 Å². The first kappa shape index (κ1) is 16.6. The molecular weight excluding hydrogens is 304 g/mol. The van der Waals surface area contributed by atoms with Gasteiger partial charge in [0, 0.05) is 28.7 Å². The summed E-state index contributed by atoms with van der Waals surface area (Å²) in [5.41, 5.74) is 5.85. The summed E-state index contributed by atoms with van der Waals surface area (Å²) >= 11 is 0. The van der Waals surface area contributed by atoms with Crippen LogP contribution in [0.15, 0.2) is 34.3 Å². The van der Waals surface area contributed by atoms with Gasteiger partial charge in [0.25, 0.3) is 5.91 Å². The Morgan fingerprint density at radius 1 is 1.45 bits per heavy atom. The number of benzene rings is 1.